The number of piperidine rings is 2. The highest BCUT2D eigenvalue weighted by molar-refractivity contribution is 4.96. The average Bonchev–Trinajstić information content (AvgIpc) is 2.42. The van der Waals surface area contributed by atoms with Gasteiger partial charge in [0.2, 0.25) is 0 Å². The SMILES string of the molecule is CC(C)CNCC1CCC1N1CCC2C(CCCN2C)C1. The first-order chi connectivity index (χ1) is 10.1. The van der Waals surface area contributed by atoms with E-state index in [9.17, 15) is 0 Å². The number of nitrogens with zero attached hydrogens (tertiary/aromatic N) is 2. The van der Waals surface area contributed by atoms with Crippen molar-refractivity contribution in [2.75, 3.05) is 39.8 Å². The van der Waals surface area contributed by atoms with Gasteiger partial charge in [-0.15, -0.1) is 0 Å². The Morgan fingerprint density at radius 1 is 1.05 bits per heavy atom. The minimum absolute atomic E-state index is 0.775. The number of rotatable bonds is 5. The van der Waals surface area contributed by atoms with E-state index in [0.717, 1.165) is 29.8 Å². The van der Waals surface area contributed by atoms with E-state index in [0.29, 0.717) is 0 Å². The second kappa shape index (κ2) is 6.97. The first-order valence-corrected chi connectivity index (χ1v) is 9.30. The van der Waals surface area contributed by atoms with E-state index in [2.05, 4.69) is 36.0 Å². The molecule has 0 amide bonds. The second-order valence-corrected chi connectivity index (χ2v) is 8.19. The molecule has 0 aromatic carbocycles. The van der Waals surface area contributed by atoms with Crippen LogP contribution < -0.4 is 5.32 Å². The van der Waals surface area contributed by atoms with E-state index < -0.39 is 0 Å². The molecule has 3 fully saturated rings. The fourth-order valence-electron chi connectivity index (χ4n) is 4.81. The maximum atomic E-state index is 3.68. The van der Waals surface area contributed by atoms with E-state index in [-0.39, 0.29) is 0 Å². The van der Waals surface area contributed by atoms with Crippen LogP contribution in [0.15, 0.2) is 0 Å². The molecule has 3 rings (SSSR count). The van der Waals surface area contributed by atoms with Gasteiger partial charge in [-0.2, -0.15) is 0 Å². The predicted octanol–water partition coefficient (Wildman–Crippen LogP) is 2.43. The molecule has 2 heterocycles. The minimum Gasteiger partial charge on any atom is -0.316 e. The molecule has 4 atom stereocenters. The summed E-state index contributed by atoms with van der Waals surface area (Å²) in [5.41, 5.74) is 0. The van der Waals surface area contributed by atoms with Gasteiger partial charge in [-0.1, -0.05) is 13.8 Å². The number of nitrogens with one attached hydrogen (secondary N) is 1. The van der Waals surface area contributed by atoms with E-state index in [1.54, 1.807) is 0 Å². The number of hydrogen-bond donors (Lipinski definition) is 1. The van der Waals surface area contributed by atoms with E-state index in [4.69, 9.17) is 0 Å². The van der Waals surface area contributed by atoms with Gasteiger partial charge in [0.25, 0.3) is 0 Å². The summed E-state index contributed by atoms with van der Waals surface area (Å²) in [6, 6.07) is 1.77. The molecule has 2 aliphatic heterocycles. The van der Waals surface area contributed by atoms with Crippen LogP contribution in [0.3, 0.4) is 0 Å². The standard InChI is InChI=1S/C18H35N3/c1-14(2)11-19-12-15-6-7-18(15)21-10-8-17-16(13-21)5-4-9-20(17)3/h14-19H,4-13H2,1-3H3. The molecule has 3 heteroatoms. The first kappa shape index (κ1) is 15.8. The van der Waals surface area contributed by atoms with Crippen molar-refractivity contribution in [1.82, 2.24) is 15.1 Å². The summed E-state index contributed by atoms with van der Waals surface area (Å²) in [6.07, 6.45) is 7.18. The molecule has 1 aliphatic carbocycles. The van der Waals surface area contributed by atoms with Crippen LogP contribution in [-0.2, 0) is 0 Å². The van der Waals surface area contributed by atoms with Crippen molar-refractivity contribution in [3.63, 3.8) is 0 Å². The zero-order chi connectivity index (χ0) is 14.8. The summed E-state index contributed by atoms with van der Waals surface area (Å²) in [6.45, 7) is 11.1. The highest BCUT2D eigenvalue weighted by atomic mass is 15.2. The van der Waals surface area contributed by atoms with Gasteiger partial charge in [-0.25, -0.2) is 0 Å². The van der Waals surface area contributed by atoms with Crippen LogP contribution in [0.1, 0.15) is 46.0 Å². The van der Waals surface area contributed by atoms with Crippen molar-refractivity contribution < 1.29 is 0 Å². The molecule has 1 N–H and O–H groups in total. The fraction of sp³-hybridized carbons (Fsp3) is 1.00. The molecule has 1 saturated carbocycles. The van der Waals surface area contributed by atoms with Gasteiger partial charge >= 0.3 is 0 Å². The lowest BCUT2D eigenvalue weighted by molar-refractivity contribution is -0.0200. The van der Waals surface area contributed by atoms with E-state index in [1.807, 2.05) is 0 Å². The molecular weight excluding hydrogens is 258 g/mol. The van der Waals surface area contributed by atoms with Crippen molar-refractivity contribution in [1.29, 1.82) is 0 Å². The summed E-state index contributed by atoms with van der Waals surface area (Å²) in [5.74, 6) is 2.64. The molecule has 2 saturated heterocycles. The van der Waals surface area contributed by atoms with Crippen LogP contribution in [0.25, 0.3) is 0 Å². The van der Waals surface area contributed by atoms with Gasteiger partial charge in [0.15, 0.2) is 0 Å². The molecule has 122 valence electrons. The Labute approximate surface area is 131 Å². The first-order valence-electron chi connectivity index (χ1n) is 9.30. The van der Waals surface area contributed by atoms with Crippen molar-refractivity contribution in [2.24, 2.45) is 17.8 Å². The Morgan fingerprint density at radius 3 is 2.62 bits per heavy atom. The summed E-state index contributed by atoms with van der Waals surface area (Å²) in [5, 5.41) is 3.68. The maximum absolute atomic E-state index is 3.68. The molecular formula is C18H35N3. The second-order valence-electron chi connectivity index (χ2n) is 8.19. The van der Waals surface area contributed by atoms with Crippen molar-refractivity contribution in [3.8, 4) is 0 Å². The van der Waals surface area contributed by atoms with Gasteiger partial charge in [0.05, 0.1) is 0 Å². The quantitative estimate of drug-likeness (QED) is 0.840. The van der Waals surface area contributed by atoms with Gasteiger partial charge in [0, 0.05) is 18.6 Å². The topological polar surface area (TPSA) is 18.5 Å². The molecule has 0 radical (unpaired) electrons. The summed E-state index contributed by atoms with van der Waals surface area (Å²) < 4.78 is 0. The summed E-state index contributed by atoms with van der Waals surface area (Å²) in [4.78, 5) is 5.49. The Kier molecular flexibility index (Phi) is 5.23. The van der Waals surface area contributed by atoms with Crippen LogP contribution in [0.2, 0.25) is 0 Å². The maximum Gasteiger partial charge on any atom is 0.0145 e. The van der Waals surface area contributed by atoms with Crippen LogP contribution in [0, 0.1) is 17.8 Å². The largest absolute Gasteiger partial charge is 0.316 e. The summed E-state index contributed by atoms with van der Waals surface area (Å²) in [7, 11) is 2.34. The van der Waals surface area contributed by atoms with Gasteiger partial charge in [0.1, 0.15) is 0 Å². The number of fused-ring (bicyclic) bond motifs is 1. The van der Waals surface area contributed by atoms with Crippen molar-refractivity contribution in [2.45, 2.75) is 58.0 Å². The van der Waals surface area contributed by atoms with Crippen molar-refractivity contribution >= 4 is 0 Å². The molecule has 0 bridgehead atoms. The Hall–Kier alpha value is -0.120. The monoisotopic (exact) mass is 293 g/mol. The smallest absolute Gasteiger partial charge is 0.0145 e. The molecule has 3 aliphatic rings. The zero-order valence-corrected chi connectivity index (χ0v) is 14.4. The van der Waals surface area contributed by atoms with Crippen molar-refractivity contribution in [3.05, 3.63) is 0 Å². The van der Waals surface area contributed by atoms with Gasteiger partial charge in [-0.05, 0) is 83.1 Å². The molecule has 21 heavy (non-hydrogen) atoms. The molecule has 3 nitrogen and oxygen atoms in total. The third-order valence-electron chi connectivity index (χ3n) is 6.18. The van der Waals surface area contributed by atoms with E-state index >= 15 is 0 Å². The van der Waals surface area contributed by atoms with Crippen LogP contribution >= 0.6 is 0 Å². The van der Waals surface area contributed by atoms with Crippen LogP contribution in [-0.4, -0.2) is 61.7 Å². The van der Waals surface area contributed by atoms with Gasteiger partial charge < -0.3 is 10.2 Å². The lowest BCUT2D eigenvalue weighted by Crippen LogP contribution is -2.59. The normalized spacial score (nSPS) is 38.3. The van der Waals surface area contributed by atoms with Crippen LogP contribution in [0.5, 0.6) is 0 Å². The number of hydrogen-bond acceptors (Lipinski definition) is 3. The summed E-state index contributed by atoms with van der Waals surface area (Å²) >= 11 is 0. The lowest BCUT2D eigenvalue weighted by atomic mass is 9.75. The molecule has 0 aromatic rings. The highest BCUT2D eigenvalue weighted by Gasteiger charge is 2.41. The fourth-order valence-corrected chi connectivity index (χ4v) is 4.81. The highest BCUT2D eigenvalue weighted by Crippen LogP contribution is 2.37. The van der Waals surface area contributed by atoms with Crippen LogP contribution in [0.4, 0.5) is 0 Å². The Bertz CT molecular complexity index is 330. The number of likely N-dealkylation sites (tertiary alicyclic amines) is 2. The lowest BCUT2D eigenvalue weighted by Gasteiger charge is -2.52. The molecule has 4 unspecified atom stereocenters. The minimum atomic E-state index is 0.775. The van der Waals surface area contributed by atoms with E-state index in [1.165, 1.54) is 64.8 Å². The van der Waals surface area contributed by atoms with Gasteiger partial charge in [-0.3, -0.25) is 4.90 Å². The zero-order valence-electron chi connectivity index (χ0n) is 14.4. The average molecular weight is 293 g/mol. The predicted molar refractivity (Wildman–Crippen MR) is 89.6 cm³/mol. The molecule has 0 aromatic heterocycles. The third kappa shape index (κ3) is 3.62. The third-order valence-corrected chi connectivity index (χ3v) is 6.18. The molecule has 0 spiro atoms. The Morgan fingerprint density at radius 2 is 1.90 bits per heavy atom. The Balaban J connectivity index is 1.47.